The van der Waals surface area contributed by atoms with Crippen molar-refractivity contribution in [2.24, 2.45) is 0 Å². The number of nitrogens with one attached hydrogen (secondary N) is 1. The molecule has 78 valence electrons. The number of H-pyrrole nitrogens is 1. The minimum atomic E-state index is -0.0930. The van der Waals surface area contributed by atoms with Gasteiger partial charge in [0, 0.05) is 16.5 Å². The largest absolute Gasteiger partial charge is 0.351 e. The Bertz CT molecular complexity index is 662. The van der Waals surface area contributed by atoms with Crippen LogP contribution in [0.15, 0.2) is 35.9 Å². The Morgan fingerprint density at radius 2 is 1.88 bits per heavy atom. The fraction of sp³-hybridized carbons (Fsp3) is 0.0769. The van der Waals surface area contributed by atoms with Crippen LogP contribution in [0, 0.1) is 0 Å². The first-order valence-corrected chi connectivity index (χ1v) is 5.06. The van der Waals surface area contributed by atoms with Crippen LogP contribution in [0.3, 0.4) is 0 Å². The van der Waals surface area contributed by atoms with Crippen LogP contribution in [0.5, 0.6) is 0 Å². The minimum absolute atomic E-state index is 0.0919. The van der Waals surface area contributed by atoms with Crippen LogP contribution in [0.25, 0.3) is 10.9 Å². The molecule has 0 aliphatic heterocycles. The van der Waals surface area contributed by atoms with E-state index in [0.717, 1.165) is 10.9 Å². The third kappa shape index (κ3) is 1.03. The highest BCUT2D eigenvalue weighted by atomic mass is 16.1. The fourth-order valence-corrected chi connectivity index (χ4v) is 2.10. The van der Waals surface area contributed by atoms with Gasteiger partial charge >= 0.3 is 0 Å². The van der Waals surface area contributed by atoms with Gasteiger partial charge in [-0.2, -0.15) is 0 Å². The molecule has 1 aromatic heterocycles. The first-order chi connectivity index (χ1) is 7.68. The molecular weight excluding hydrogens is 202 g/mol. The van der Waals surface area contributed by atoms with Gasteiger partial charge in [-0.05, 0) is 19.1 Å². The second-order valence-corrected chi connectivity index (χ2v) is 3.94. The second-order valence-electron chi connectivity index (χ2n) is 3.94. The van der Waals surface area contributed by atoms with Gasteiger partial charge in [-0.1, -0.05) is 18.2 Å². The molecule has 0 unspecified atom stereocenters. The molecule has 1 heterocycles. The molecule has 0 amide bonds. The average molecular weight is 211 g/mol. The van der Waals surface area contributed by atoms with E-state index in [-0.39, 0.29) is 11.6 Å². The quantitative estimate of drug-likeness (QED) is 0.727. The number of Topliss-reactive ketones (excluding diaryl/α,β-unsaturated/α-hetero) is 1. The Labute approximate surface area is 91.8 Å². The highest BCUT2D eigenvalue weighted by Gasteiger charge is 2.27. The molecule has 3 nitrogen and oxygen atoms in total. The Morgan fingerprint density at radius 3 is 2.69 bits per heavy atom. The van der Waals surface area contributed by atoms with Crippen molar-refractivity contribution in [1.29, 1.82) is 0 Å². The molecule has 0 fully saturated rings. The number of fused-ring (bicyclic) bond motifs is 3. The maximum Gasteiger partial charge on any atom is 0.205 e. The number of allylic oxidation sites excluding steroid dienone is 2. The first-order valence-electron chi connectivity index (χ1n) is 5.06. The zero-order valence-electron chi connectivity index (χ0n) is 8.70. The number of aromatic nitrogens is 1. The Morgan fingerprint density at radius 1 is 1.12 bits per heavy atom. The van der Waals surface area contributed by atoms with Crippen molar-refractivity contribution in [3.63, 3.8) is 0 Å². The molecular formula is C13H9NO2. The molecule has 0 radical (unpaired) electrons. The van der Waals surface area contributed by atoms with Gasteiger partial charge in [-0.3, -0.25) is 9.59 Å². The topological polar surface area (TPSA) is 49.9 Å². The van der Waals surface area contributed by atoms with Crippen molar-refractivity contribution in [3.8, 4) is 0 Å². The Hall–Kier alpha value is -2.16. The predicted octanol–water partition coefficient (Wildman–Crippen LogP) is 2.49. The molecule has 1 aromatic carbocycles. The number of hydrogen-bond donors (Lipinski definition) is 1. The molecule has 0 saturated carbocycles. The van der Waals surface area contributed by atoms with E-state index in [2.05, 4.69) is 4.98 Å². The normalized spacial score (nSPS) is 15.2. The van der Waals surface area contributed by atoms with Crippen molar-refractivity contribution in [2.75, 3.05) is 0 Å². The monoisotopic (exact) mass is 211 g/mol. The number of rotatable bonds is 0. The molecule has 0 atom stereocenters. The maximum atomic E-state index is 11.9. The van der Waals surface area contributed by atoms with Gasteiger partial charge in [0.25, 0.3) is 0 Å². The van der Waals surface area contributed by atoms with Crippen LogP contribution in [-0.4, -0.2) is 16.6 Å². The third-order valence-electron chi connectivity index (χ3n) is 2.89. The molecule has 1 N–H and O–H groups in total. The lowest BCUT2D eigenvalue weighted by atomic mass is 9.94. The fourth-order valence-electron chi connectivity index (χ4n) is 2.10. The standard InChI is InChI=1S/C13H9NO2/c1-7-6-10(15)11-8-4-2-3-5-9(8)14-12(11)13(7)16/h2-6,14H,1H3. The molecule has 16 heavy (non-hydrogen) atoms. The van der Waals surface area contributed by atoms with E-state index in [1.807, 2.05) is 24.3 Å². The van der Waals surface area contributed by atoms with Crippen LogP contribution < -0.4 is 0 Å². The molecule has 0 saturated heterocycles. The summed E-state index contributed by atoms with van der Waals surface area (Å²) in [6.45, 7) is 1.66. The number of carbonyl (C=O) groups excluding carboxylic acids is 2. The number of benzene rings is 1. The van der Waals surface area contributed by atoms with Crippen molar-refractivity contribution in [3.05, 3.63) is 47.2 Å². The van der Waals surface area contributed by atoms with Crippen molar-refractivity contribution < 1.29 is 9.59 Å². The van der Waals surface area contributed by atoms with Crippen LogP contribution in [0.1, 0.15) is 27.8 Å². The summed E-state index contributed by atoms with van der Waals surface area (Å²) in [7, 11) is 0. The molecule has 0 spiro atoms. The van der Waals surface area contributed by atoms with Gasteiger partial charge < -0.3 is 4.98 Å². The van der Waals surface area contributed by atoms with Crippen LogP contribution in [-0.2, 0) is 0 Å². The Balaban J connectivity index is 2.43. The molecule has 1 aliphatic rings. The SMILES string of the molecule is CC1=CC(=O)c2c([nH]c3ccccc23)C1=O. The number of para-hydroxylation sites is 1. The van der Waals surface area contributed by atoms with Crippen molar-refractivity contribution in [1.82, 2.24) is 4.98 Å². The lowest BCUT2D eigenvalue weighted by Crippen LogP contribution is -2.14. The van der Waals surface area contributed by atoms with E-state index in [1.54, 1.807) is 6.92 Å². The molecule has 3 heteroatoms. The van der Waals surface area contributed by atoms with Gasteiger partial charge in [0.2, 0.25) is 5.78 Å². The number of carbonyl (C=O) groups is 2. The van der Waals surface area contributed by atoms with Gasteiger partial charge in [-0.25, -0.2) is 0 Å². The van der Waals surface area contributed by atoms with Gasteiger partial charge in [0.15, 0.2) is 5.78 Å². The first kappa shape index (κ1) is 9.09. The van der Waals surface area contributed by atoms with Gasteiger partial charge in [0.05, 0.1) is 11.3 Å². The summed E-state index contributed by atoms with van der Waals surface area (Å²) in [5.74, 6) is -0.185. The van der Waals surface area contributed by atoms with Crippen LogP contribution >= 0.6 is 0 Å². The highest BCUT2D eigenvalue weighted by Crippen LogP contribution is 2.28. The smallest absolute Gasteiger partial charge is 0.205 e. The zero-order chi connectivity index (χ0) is 11.3. The Kier molecular flexibility index (Phi) is 1.66. The molecule has 2 aromatic rings. The average Bonchev–Trinajstić information content (AvgIpc) is 2.65. The number of hydrogen-bond acceptors (Lipinski definition) is 2. The number of ketones is 2. The summed E-state index contributed by atoms with van der Waals surface area (Å²) in [6.07, 6.45) is 1.41. The third-order valence-corrected chi connectivity index (χ3v) is 2.89. The van der Waals surface area contributed by atoms with E-state index in [0.29, 0.717) is 16.8 Å². The maximum absolute atomic E-state index is 11.9. The summed E-state index contributed by atoms with van der Waals surface area (Å²) >= 11 is 0. The van der Waals surface area contributed by atoms with Crippen LogP contribution in [0.2, 0.25) is 0 Å². The zero-order valence-corrected chi connectivity index (χ0v) is 8.70. The van der Waals surface area contributed by atoms with E-state index in [1.165, 1.54) is 6.08 Å². The van der Waals surface area contributed by atoms with E-state index in [4.69, 9.17) is 0 Å². The summed E-state index contributed by atoms with van der Waals surface area (Å²) in [5.41, 5.74) is 2.25. The van der Waals surface area contributed by atoms with Gasteiger partial charge in [0.1, 0.15) is 0 Å². The lowest BCUT2D eigenvalue weighted by molar-refractivity contribution is 0.0983. The molecule has 1 aliphatic carbocycles. The molecule has 3 rings (SSSR count). The van der Waals surface area contributed by atoms with Gasteiger partial charge in [-0.15, -0.1) is 0 Å². The summed E-state index contributed by atoms with van der Waals surface area (Å²) in [5, 5.41) is 0.819. The van der Waals surface area contributed by atoms with E-state index < -0.39 is 0 Å². The van der Waals surface area contributed by atoms with Crippen LogP contribution in [0.4, 0.5) is 0 Å². The van der Waals surface area contributed by atoms with E-state index >= 15 is 0 Å². The molecule has 0 bridgehead atoms. The minimum Gasteiger partial charge on any atom is -0.351 e. The summed E-state index contributed by atoms with van der Waals surface area (Å²) in [4.78, 5) is 26.8. The van der Waals surface area contributed by atoms with Crippen molar-refractivity contribution >= 4 is 22.5 Å². The highest BCUT2D eigenvalue weighted by molar-refractivity contribution is 6.28. The van der Waals surface area contributed by atoms with Crippen molar-refractivity contribution in [2.45, 2.75) is 6.92 Å². The number of aromatic amines is 1. The predicted molar refractivity (Wildman–Crippen MR) is 60.7 cm³/mol. The second kappa shape index (κ2) is 2.92. The summed E-state index contributed by atoms with van der Waals surface area (Å²) in [6, 6.07) is 7.45. The summed E-state index contributed by atoms with van der Waals surface area (Å²) < 4.78 is 0. The lowest BCUT2D eigenvalue weighted by Gasteiger charge is -2.07. The van der Waals surface area contributed by atoms with E-state index in [9.17, 15) is 9.59 Å².